The summed E-state index contributed by atoms with van der Waals surface area (Å²) in [6.07, 6.45) is 0. The predicted molar refractivity (Wildman–Crippen MR) is 92.3 cm³/mol. The number of carbonyl (C=O) groups is 1. The Labute approximate surface area is 139 Å². The molecule has 114 valence electrons. The number of benzene rings is 1. The van der Waals surface area contributed by atoms with Crippen LogP contribution in [0.15, 0.2) is 35.5 Å². The highest BCUT2D eigenvalue weighted by Crippen LogP contribution is 2.41. The van der Waals surface area contributed by atoms with Gasteiger partial charge in [-0.3, -0.25) is 4.90 Å². The highest BCUT2D eigenvalue weighted by Gasteiger charge is 2.42. The zero-order chi connectivity index (χ0) is 15.9. The van der Waals surface area contributed by atoms with Gasteiger partial charge in [0.1, 0.15) is 0 Å². The molecule has 1 aromatic carbocycles. The lowest BCUT2D eigenvalue weighted by atomic mass is 9.91. The number of nitrogens with one attached hydrogen (secondary N) is 2. The molecule has 0 spiro atoms. The number of ether oxygens (including phenoxy) is 1. The third-order valence-corrected chi connectivity index (χ3v) is 4.26. The van der Waals surface area contributed by atoms with Gasteiger partial charge in [-0.1, -0.05) is 18.2 Å². The van der Waals surface area contributed by atoms with E-state index in [4.69, 9.17) is 29.2 Å². The summed E-state index contributed by atoms with van der Waals surface area (Å²) >= 11 is 10.8. The molecule has 0 bridgehead atoms. The normalized spacial score (nSPS) is 19.9. The number of anilines is 1. The van der Waals surface area contributed by atoms with Crippen molar-refractivity contribution in [1.82, 2.24) is 10.2 Å². The van der Waals surface area contributed by atoms with Crippen LogP contribution in [0.25, 0.3) is 0 Å². The first-order valence-electron chi connectivity index (χ1n) is 6.92. The molecule has 0 aliphatic carbocycles. The molecule has 0 aromatic heterocycles. The van der Waals surface area contributed by atoms with E-state index in [0.29, 0.717) is 28.1 Å². The van der Waals surface area contributed by atoms with E-state index in [1.807, 2.05) is 31.2 Å². The number of para-hydroxylation sites is 1. The van der Waals surface area contributed by atoms with Crippen molar-refractivity contribution in [2.75, 3.05) is 11.9 Å². The molecular weight excluding hydrogens is 318 g/mol. The molecule has 3 rings (SSSR count). The van der Waals surface area contributed by atoms with Crippen molar-refractivity contribution in [1.29, 1.82) is 0 Å². The minimum atomic E-state index is -0.363. The second kappa shape index (κ2) is 5.66. The third kappa shape index (κ3) is 2.26. The number of hydrogen-bond donors (Lipinski definition) is 2. The van der Waals surface area contributed by atoms with Gasteiger partial charge in [-0.15, -0.1) is 0 Å². The van der Waals surface area contributed by atoms with Gasteiger partial charge in [-0.05, 0) is 44.3 Å². The van der Waals surface area contributed by atoms with Crippen molar-refractivity contribution < 1.29 is 9.53 Å². The molecule has 2 aliphatic heterocycles. The molecule has 2 heterocycles. The number of esters is 1. The molecular formula is C15H15N3O2S2. The number of thiocarbonyl (C=S) groups is 2. The fourth-order valence-corrected chi connectivity index (χ4v) is 3.46. The van der Waals surface area contributed by atoms with Gasteiger partial charge in [-0.25, -0.2) is 4.79 Å². The number of fused-ring (bicyclic) bond motifs is 3. The number of hydrogen-bond acceptors (Lipinski definition) is 4. The molecule has 0 saturated heterocycles. The van der Waals surface area contributed by atoms with Gasteiger partial charge in [0.2, 0.25) is 0 Å². The standard InChI is InChI=1S/C15H15N3O2S2/c1-3-20-13(19)11-8(2)16-14(21)18-12(11)9-6-4-5-7-10(9)17-15(18)22/h4-7,12H,3H2,1-2H3,(H,16,21)(H,17,22). The fourth-order valence-electron chi connectivity index (χ4n) is 2.74. The molecule has 0 saturated carbocycles. The monoisotopic (exact) mass is 333 g/mol. The predicted octanol–water partition coefficient (Wildman–Crippen LogP) is 2.47. The number of nitrogens with zero attached hydrogens (tertiary/aromatic N) is 1. The maximum atomic E-state index is 12.4. The summed E-state index contributed by atoms with van der Waals surface area (Å²) in [6.45, 7) is 3.92. The van der Waals surface area contributed by atoms with Gasteiger partial charge in [0.15, 0.2) is 10.2 Å². The van der Waals surface area contributed by atoms with Crippen LogP contribution in [0.4, 0.5) is 5.69 Å². The average molecular weight is 333 g/mol. The maximum absolute atomic E-state index is 12.4. The molecule has 1 aromatic rings. The Bertz CT molecular complexity index is 714. The zero-order valence-corrected chi connectivity index (χ0v) is 13.8. The molecule has 0 amide bonds. The lowest BCUT2D eigenvalue weighted by Crippen LogP contribution is -2.54. The van der Waals surface area contributed by atoms with Gasteiger partial charge in [0.05, 0.1) is 18.2 Å². The van der Waals surface area contributed by atoms with Crippen LogP contribution in [0.5, 0.6) is 0 Å². The number of carbonyl (C=O) groups excluding carboxylic acids is 1. The van der Waals surface area contributed by atoms with Gasteiger partial charge < -0.3 is 15.4 Å². The Kier molecular flexibility index (Phi) is 3.84. The van der Waals surface area contributed by atoms with Crippen LogP contribution >= 0.6 is 24.4 Å². The highest BCUT2D eigenvalue weighted by molar-refractivity contribution is 7.82. The Morgan fingerprint density at radius 1 is 1.27 bits per heavy atom. The summed E-state index contributed by atoms with van der Waals surface area (Å²) in [5, 5.41) is 7.13. The van der Waals surface area contributed by atoms with Crippen LogP contribution in [0.1, 0.15) is 25.5 Å². The second-order valence-electron chi connectivity index (χ2n) is 4.98. The molecule has 5 nitrogen and oxygen atoms in total. The first-order chi connectivity index (χ1) is 10.5. The van der Waals surface area contributed by atoms with Crippen LogP contribution < -0.4 is 10.6 Å². The van der Waals surface area contributed by atoms with Crippen LogP contribution in [-0.2, 0) is 9.53 Å². The Morgan fingerprint density at radius 2 is 1.95 bits per heavy atom. The lowest BCUT2D eigenvalue weighted by Gasteiger charge is -2.43. The molecule has 2 N–H and O–H groups in total. The van der Waals surface area contributed by atoms with E-state index in [1.165, 1.54) is 0 Å². The smallest absolute Gasteiger partial charge is 0.338 e. The van der Waals surface area contributed by atoms with Crippen molar-refractivity contribution >= 4 is 46.3 Å². The van der Waals surface area contributed by atoms with Crippen molar-refractivity contribution in [3.8, 4) is 0 Å². The number of allylic oxidation sites excluding steroid dienone is 1. The summed E-state index contributed by atoms with van der Waals surface area (Å²) in [4.78, 5) is 14.2. The van der Waals surface area contributed by atoms with Crippen molar-refractivity contribution in [2.24, 2.45) is 0 Å². The molecule has 7 heteroatoms. The number of rotatable bonds is 2. The fraction of sp³-hybridized carbons (Fsp3) is 0.267. The van der Waals surface area contributed by atoms with E-state index in [2.05, 4.69) is 10.6 Å². The molecule has 1 atom stereocenters. The zero-order valence-electron chi connectivity index (χ0n) is 12.2. The van der Waals surface area contributed by atoms with E-state index < -0.39 is 0 Å². The first kappa shape index (κ1) is 14.9. The van der Waals surface area contributed by atoms with E-state index in [1.54, 1.807) is 11.8 Å². The topological polar surface area (TPSA) is 53.6 Å². The van der Waals surface area contributed by atoms with Gasteiger partial charge >= 0.3 is 5.97 Å². The highest BCUT2D eigenvalue weighted by atomic mass is 32.1. The SMILES string of the molecule is CCOC(=O)C1=C(C)NC(=S)N2C(=S)Nc3ccccc3C12. The minimum Gasteiger partial charge on any atom is -0.463 e. The first-order valence-corrected chi connectivity index (χ1v) is 7.74. The van der Waals surface area contributed by atoms with Gasteiger partial charge in [0.25, 0.3) is 0 Å². The molecule has 1 unspecified atom stereocenters. The Hall–Kier alpha value is -1.99. The summed E-state index contributed by atoms with van der Waals surface area (Å²) < 4.78 is 5.22. The van der Waals surface area contributed by atoms with E-state index in [-0.39, 0.29) is 12.0 Å². The lowest BCUT2D eigenvalue weighted by molar-refractivity contribution is -0.139. The van der Waals surface area contributed by atoms with Gasteiger partial charge in [0, 0.05) is 16.9 Å². The van der Waals surface area contributed by atoms with Crippen molar-refractivity contribution in [3.05, 3.63) is 41.1 Å². The van der Waals surface area contributed by atoms with Gasteiger partial charge in [-0.2, -0.15) is 0 Å². The minimum absolute atomic E-state index is 0.317. The van der Waals surface area contributed by atoms with Crippen LogP contribution in [-0.4, -0.2) is 27.7 Å². The van der Waals surface area contributed by atoms with Crippen LogP contribution in [0, 0.1) is 0 Å². The quantitative estimate of drug-likeness (QED) is 0.637. The van der Waals surface area contributed by atoms with E-state index in [9.17, 15) is 4.79 Å². The molecule has 2 aliphatic rings. The average Bonchev–Trinajstić information content (AvgIpc) is 2.46. The summed E-state index contributed by atoms with van der Waals surface area (Å²) in [5.41, 5.74) is 3.06. The summed E-state index contributed by atoms with van der Waals surface area (Å²) in [7, 11) is 0. The summed E-state index contributed by atoms with van der Waals surface area (Å²) in [6, 6.07) is 7.38. The second-order valence-corrected chi connectivity index (χ2v) is 5.75. The van der Waals surface area contributed by atoms with Crippen molar-refractivity contribution in [2.45, 2.75) is 19.9 Å². The largest absolute Gasteiger partial charge is 0.463 e. The van der Waals surface area contributed by atoms with E-state index >= 15 is 0 Å². The third-order valence-electron chi connectivity index (χ3n) is 3.66. The summed E-state index contributed by atoms with van der Waals surface area (Å²) in [5.74, 6) is -0.357. The molecule has 0 radical (unpaired) electrons. The van der Waals surface area contributed by atoms with Crippen LogP contribution in [0.2, 0.25) is 0 Å². The van der Waals surface area contributed by atoms with Crippen molar-refractivity contribution in [3.63, 3.8) is 0 Å². The van der Waals surface area contributed by atoms with Crippen LogP contribution in [0.3, 0.4) is 0 Å². The Morgan fingerprint density at radius 3 is 2.68 bits per heavy atom. The maximum Gasteiger partial charge on any atom is 0.338 e. The molecule has 0 fully saturated rings. The molecule has 22 heavy (non-hydrogen) atoms. The Balaban J connectivity index is 2.19. The van der Waals surface area contributed by atoms with E-state index in [0.717, 1.165) is 11.3 Å².